The Morgan fingerprint density at radius 2 is 1.75 bits per heavy atom. The van der Waals surface area contributed by atoms with Gasteiger partial charge < -0.3 is 0 Å². The molecule has 0 bridgehead atoms. The Morgan fingerprint density at radius 1 is 1.38 bits per heavy atom. The van der Waals surface area contributed by atoms with Crippen LogP contribution in [0.15, 0.2) is 0 Å². The molecule has 0 radical (unpaired) electrons. The lowest BCUT2D eigenvalue weighted by Crippen LogP contribution is -2.19. The maximum absolute atomic E-state index is 5.91. The minimum Gasteiger partial charge on any atom is -0.167 e. The van der Waals surface area contributed by atoms with Crippen LogP contribution in [0.1, 0.15) is 0 Å². The molecule has 8 heavy (non-hydrogen) atoms. The third kappa shape index (κ3) is 7.52. The lowest BCUT2D eigenvalue weighted by Gasteiger charge is -2.11. The van der Waals surface area contributed by atoms with Crippen molar-refractivity contribution in [2.24, 2.45) is 0 Å². The van der Waals surface area contributed by atoms with Crippen molar-refractivity contribution < 1.29 is 0 Å². The highest BCUT2D eigenvalue weighted by Crippen LogP contribution is 2.48. The Morgan fingerprint density at radius 3 is 1.75 bits per heavy atom. The molecule has 5 heteroatoms. The van der Waals surface area contributed by atoms with Crippen LogP contribution in [0.2, 0.25) is 13.1 Å². The third-order valence-corrected chi connectivity index (χ3v) is 7.69. The molecule has 0 heterocycles. The van der Waals surface area contributed by atoms with Crippen LogP contribution in [0.5, 0.6) is 0 Å². The molecule has 0 spiro atoms. The molecular weight excluding hydrogens is 201 g/mol. The highest BCUT2D eigenvalue weighted by molar-refractivity contribution is 8.05. The minimum atomic E-state index is -1.48. The van der Waals surface area contributed by atoms with E-state index in [4.69, 9.17) is 33.6 Å². The normalized spacial score (nSPS) is 12.8. The first-order chi connectivity index (χ1) is 3.42. The molecule has 0 nitrogen and oxygen atoms in total. The fourth-order valence-corrected chi connectivity index (χ4v) is 10.1. The first-order valence-corrected chi connectivity index (χ1v) is 9.75. The topological polar surface area (TPSA) is 0 Å². The van der Waals surface area contributed by atoms with Crippen LogP contribution in [0, 0.1) is 0 Å². The Hall–Kier alpha value is 1.52. The predicted molar refractivity (Wildman–Crippen MR) is 46.8 cm³/mol. The summed E-state index contributed by atoms with van der Waals surface area (Å²) in [5.41, 5.74) is 0. The molecule has 50 valence electrons. The van der Waals surface area contributed by atoms with Crippen molar-refractivity contribution in [1.29, 1.82) is 0 Å². The summed E-state index contributed by atoms with van der Waals surface area (Å²) in [5.74, 6) is 0.826. The van der Waals surface area contributed by atoms with E-state index in [1.165, 1.54) is 0 Å². The molecule has 0 rings (SSSR count). The second-order valence-electron chi connectivity index (χ2n) is 2.18. The van der Waals surface area contributed by atoms with Gasteiger partial charge in [-0.05, 0) is 0 Å². The Labute approximate surface area is 66.5 Å². The average molecular weight is 210 g/mol. The van der Waals surface area contributed by atoms with Gasteiger partial charge in [-0.15, -0.1) is 0 Å². The maximum atomic E-state index is 5.91. The van der Waals surface area contributed by atoms with Gasteiger partial charge in [-0.2, -0.15) is 11.1 Å². The van der Waals surface area contributed by atoms with Gasteiger partial charge in [-0.25, -0.2) is 0 Å². The highest BCUT2D eigenvalue weighted by Gasteiger charge is 2.20. The van der Waals surface area contributed by atoms with Crippen molar-refractivity contribution in [3.63, 3.8) is 0 Å². The first kappa shape index (κ1) is 9.52. The summed E-state index contributed by atoms with van der Waals surface area (Å²) >= 11 is 17.0. The zero-order valence-corrected chi connectivity index (χ0v) is 8.95. The van der Waals surface area contributed by atoms with Gasteiger partial charge in [-0.3, -0.25) is 0 Å². The minimum absolute atomic E-state index is 0.814. The van der Waals surface area contributed by atoms with Crippen LogP contribution in [-0.2, 0) is 0 Å². The van der Waals surface area contributed by atoms with Gasteiger partial charge in [0.2, 0.25) is 0 Å². The summed E-state index contributed by atoms with van der Waals surface area (Å²) in [4.78, 5) is 0. The van der Waals surface area contributed by atoms with Crippen LogP contribution >= 0.6 is 40.2 Å². The van der Waals surface area contributed by atoms with Gasteiger partial charge in [0.15, 0.2) is 7.38 Å². The van der Waals surface area contributed by atoms with Gasteiger partial charge in [0.05, 0.1) is 6.63 Å². The zero-order valence-electron chi connectivity index (χ0n) is 4.79. The lowest BCUT2D eigenvalue weighted by atomic mass is 11.8. The largest absolute Gasteiger partial charge is 0.167 e. The summed E-state index contributed by atoms with van der Waals surface area (Å²) in [6.45, 7) is 3.26. The van der Waals surface area contributed by atoms with Gasteiger partial charge >= 0.3 is 0 Å². The van der Waals surface area contributed by atoms with E-state index in [1.54, 1.807) is 0 Å². The lowest BCUT2D eigenvalue weighted by molar-refractivity contribution is 1.82. The number of hydrogen-bond donors (Lipinski definition) is 0. The molecule has 0 fully saturated rings. The van der Waals surface area contributed by atoms with Crippen LogP contribution in [0.3, 0.4) is 0 Å². The van der Waals surface area contributed by atoms with Crippen LogP contribution in [0.4, 0.5) is 0 Å². The monoisotopic (exact) mass is 208 g/mol. The molecular formula is C3H8Cl3PSi. The van der Waals surface area contributed by atoms with E-state index in [0.717, 1.165) is 5.79 Å². The van der Waals surface area contributed by atoms with E-state index in [2.05, 4.69) is 0 Å². The molecule has 0 aliphatic carbocycles. The second kappa shape index (κ2) is 3.63. The molecule has 0 aliphatic rings. The van der Waals surface area contributed by atoms with Gasteiger partial charge in [0.25, 0.3) is 0 Å². The van der Waals surface area contributed by atoms with Crippen molar-refractivity contribution in [1.82, 2.24) is 0 Å². The molecule has 0 saturated carbocycles. The molecule has 0 N–H and O–H groups in total. The first-order valence-electron chi connectivity index (χ1n) is 2.20. The fraction of sp³-hybridized carbons (Fsp3) is 1.00. The van der Waals surface area contributed by atoms with Crippen LogP contribution in [-0.4, -0.2) is 13.2 Å². The summed E-state index contributed by atoms with van der Waals surface area (Å²) < 4.78 is 0. The van der Waals surface area contributed by atoms with Crippen molar-refractivity contribution in [2.75, 3.05) is 5.79 Å². The van der Waals surface area contributed by atoms with Gasteiger partial charge in [0, 0.05) is 5.79 Å². The Bertz CT molecular complexity index is 69.4. The van der Waals surface area contributed by atoms with E-state index >= 15 is 0 Å². The third-order valence-electron chi connectivity index (χ3n) is 0.496. The van der Waals surface area contributed by atoms with Gasteiger partial charge in [0.1, 0.15) is 0 Å². The molecule has 0 aromatic rings. The SMILES string of the molecule is C[Si](C)(Cl)CP(Cl)Cl. The van der Waals surface area contributed by atoms with E-state index < -0.39 is 14.0 Å². The number of rotatable bonds is 2. The standard InChI is InChI=1S/C3H8Cl3PSi/c1-8(2,6)3-7(4)5/h3H2,1-2H3. The smallest absolute Gasteiger partial charge is 0.156 e. The highest BCUT2D eigenvalue weighted by atomic mass is 35.9. The molecule has 0 unspecified atom stereocenters. The maximum Gasteiger partial charge on any atom is 0.156 e. The number of halogens is 3. The van der Waals surface area contributed by atoms with Crippen molar-refractivity contribution >= 4 is 47.6 Å². The second-order valence-corrected chi connectivity index (χ2v) is 13.5. The van der Waals surface area contributed by atoms with Crippen LogP contribution in [0.25, 0.3) is 0 Å². The van der Waals surface area contributed by atoms with Crippen LogP contribution < -0.4 is 0 Å². The summed E-state index contributed by atoms with van der Waals surface area (Å²) in [6, 6.07) is 0. The number of hydrogen-bond acceptors (Lipinski definition) is 0. The molecule has 0 aromatic carbocycles. The van der Waals surface area contributed by atoms with Crippen molar-refractivity contribution in [3.05, 3.63) is 0 Å². The molecule has 0 aromatic heterocycles. The fourth-order valence-electron chi connectivity index (χ4n) is 0.284. The van der Waals surface area contributed by atoms with Crippen molar-refractivity contribution in [2.45, 2.75) is 13.1 Å². The molecule has 0 amide bonds. The quantitative estimate of drug-likeness (QED) is 0.369. The Balaban J connectivity index is 3.39. The predicted octanol–water partition coefficient (Wildman–Crippen LogP) is 3.76. The average Bonchev–Trinajstić information content (AvgIpc) is 1.21. The van der Waals surface area contributed by atoms with Gasteiger partial charge in [-0.1, -0.05) is 35.6 Å². The zero-order chi connectivity index (χ0) is 6.78. The summed E-state index contributed by atoms with van der Waals surface area (Å²) in [6.07, 6.45) is 0. The molecule has 0 aliphatic heterocycles. The van der Waals surface area contributed by atoms with E-state index in [0.29, 0.717) is 0 Å². The Kier molecular flexibility index (Phi) is 4.32. The summed E-state index contributed by atoms with van der Waals surface area (Å²) in [7, 11) is -1.48. The van der Waals surface area contributed by atoms with E-state index in [1.807, 2.05) is 13.1 Å². The summed E-state index contributed by atoms with van der Waals surface area (Å²) in [5, 5.41) is 0. The van der Waals surface area contributed by atoms with E-state index in [-0.39, 0.29) is 0 Å². The van der Waals surface area contributed by atoms with Crippen molar-refractivity contribution in [3.8, 4) is 0 Å². The molecule has 0 saturated heterocycles. The molecule has 0 atom stereocenters. The van der Waals surface area contributed by atoms with E-state index in [9.17, 15) is 0 Å².